The highest BCUT2D eigenvalue weighted by molar-refractivity contribution is 14.0. The Kier molecular flexibility index (Phi) is 9.02. The van der Waals surface area contributed by atoms with Gasteiger partial charge in [-0.25, -0.2) is 4.99 Å². The molecular formula is C12H21IN4O2. The van der Waals surface area contributed by atoms with E-state index in [9.17, 15) is 4.79 Å². The quantitative estimate of drug-likeness (QED) is 0.455. The van der Waals surface area contributed by atoms with Crippen molar-refractivity contribution in [1.82, 2.24) is 15.5 Å². The fourth-order valence-electron chi connectivity index (χ4n) is 1.21. The number of hydrogen-bond acceptors (Lipinski definition) is 3. The molecule has 1 aromatic rings. The Hall–Kier alpha value is -1.25. The highest BCUT2D eigenvalue weighted by Crippen LogP contribution is 1.98. The number of halogens is 1. The van der Waals surface area contributed by atoms with Gasteiger partial charge in [-0.05, 0) is 19.1 Å². The van der Waals surface area contributed by atoms with Crippen LogP contribution in [0.4, 0.5) is 0 Å². The van der Waals surface area contributed by atoms with Crippen LogP contribution >= 0.6 is 24.0 Å². The van der Waals surface area contributed by atoms with Gasteiger partial charge in [0.2, 0.25) is 5.91 Å². The molecule has 0 atom stereocenters. The van der Waals surface area contributed by atoms with E-state index in [4.69, 9.17) is 4.42 Å². The summed E-state index contributed by atoms with van der Waals surface area (Å²) < 4.78 is 5.21. The van der Waals surface area contributed by atoms with Crippen molar-refractivity contribution in [2.75, 3.05) is 27.2 Å². The first-order valence-electron chi connectivity index (χ1n) is 5.88. The van der Waals surface area contributed by atoms with Gasteiger partial charge in [-0.15, -0.1) is 24.0 Å². The SMILES string of the molecule is CCNC(=NCC(=O)N(C)C)NCc1ccco1.I. The first-order valence-corrected chi connectivity index (χ1v) is 5.88. The summed E-state index contributed by atoms with van der Waals surface area (Å²) in [5.41, 5.74) is 0. The van der Waals surface area contributed by atoms with E-state index in [1.54, 1.807) is 20.4 Å². The normalized spacial score (nSPS) is 10.6. The smallest absolute Gasteiger partial charge is 0.243 e. The zero-order valence-electron chi connectivity index (χ0n) is 11.5. The number of likely N-dealkylation sites (N-methyl/N-ethyl adjacent to an activating group) is 1. The van der Waals surface area contributed by atoms with E-state index in [0.29, 0.717) is 12.5 Å². The van der Waals surface area contributed by atoms with Crippen molar-refractivity contribution < 1.29 is 9.21 Å². The second kappa shape index (κ2) is 9.65. The molecule has 0 aliphatic rings. The molecule has 1 amide bonds. The molecule has 0 radical (unpaired) electrons. The van der Waals surface area contributed by atoms with Gasteiger partial charge in [0.25, 0.3) is 0 Å². The summed E-state index contributed by atoms with van der Waals surface area (Å²) in [6, 6.07) is 3.71. The van der Waals surface area contributed by atoms with Crippen molar-refractivity contribution >= 4 is 35.8 Å². The number of guanidine groups is 1. The molecule has 1 rings (SSSR count). The predicted octanol–water partition coefficient (Wildman–Crippen LogP) is 1.04. The van der Waals surface area contributed by atoms with Crippen molar-refractivity contribution in [3.63, 3.8) is 0 Å². The summed E-state index contributed by atoms with van der Waals surface area (Å²) in [6.07, 6.45) is 1.62. The third-order valence-electron chi connectivity index (χ3n) is 2.23. The first kappa shape index (κ1) is 17.8. The Balaban J connectivity index is 0.00000324. The second-order valence-electron chi connectivity index (χ2n) is 3.92. The third-order valence-corrected chi connectivity index (χ3v) is 2.23. The summed E-state index contributed by atoms with van der Waals surface area (Å²) in [7, 11) is 3.42. The molecule has 0 aromatic carbocycles. The lowest BCUT2D eigenvalue weighted by Crippen LogP contribution is -2.38. The first-order chi connectivity index (χ1) is 8.63. The lowest BCUT2D eigenvalue weighted by Gasteiger charge is -2.11. The molecule has 0 saturated carbocycles. The van der Waals surface area contributed by atoms with Crippen LogP contribution in [0.2, 0.25) is 0 Å². The number of carbonyl (C=O) groups excluding carboxylic acids is 1. The van der Waals surface area contributed by atoms with Gasteiger partial charge >= 0.3 is 0 Å². The van der Waals surface area contributed by atoms with Crippen LogP contribution in [0.3, 0.4) is 0 Å². The summed E-state index contributed by atoms with van der Waals surface area (Å²) in [5.74, 6) is 1.38. The van der Waals surface area contributed by atoms with E-state index >= 15 is 0 Å². The summed E-state index contributed by atoms with van der Waals surface area (Å²) >= 11 is 0. The number of rotatable bonds is 5. The van der Waals surface area contributed by atoms with Crippen molar-refractivity contribution in [3.8, 4) is 0 Å². The van der Waals surface area contributed by atoms with Crippen molar-refractivity contribution in [2.45, 2.75) is 13.5 Å². The number of hydrogen-bond donors (Lipinski definition) is 2. The van der Waals surface area contributed by atoms with Gasteiger partial charge in [0.15, 0.2) is 5.96 Å². The standard InChI is InChI=1S/C12H20N4O2.HI/c1-4-13-12(15-9-11(17)16(2)3)14-8-10-6-5-7-18-10;/h5-7H,4,8-9H2,1-3H3,(H2,13,14,15);1H. The van der Waals surface area contributed by atoms with Gasteiger partial charge in [0.1, 0.15) is 12.3 Å². The monoisotopic (exact) mass is 380 g/mol. The molecule has 108 valence electrons. The van der Waals surface area contributed by atoms with Gasteiger partial charge in [0, 0.05) is 20.6 Å². The molecule has 0 bridgehead atoms. The van der Waals surface area contributed by atoms with E-state index in [-0.39, 0.29) is 36.4 Å². The van der Waals surface area contributed by atoms with Crippen LogP contribution in [-0.2, 0) is 11.3 Å². The number of carbonyl (C=O) groups is 1. The molecular weight excluding hydrogens is 359 g/mol. The number of nitrogens with zero attached hydrogens (tertiary/aromatic N) is 2. The van der Waals surface area contributed by atoms with Gasteiger partial charge in [0.05, 0.1) is 12.8 Å². The molecule has 0 spiro atoms. The predicted molar refractivity (Wildman–Crippen MR) is 85.6 cm³/mol. The Morgan fingerprint density at radius 3 is 2.68 bits per heavy atom. The van der Waals surface area contributed by atoms with Gasteiger partial charge in [-0.3, -0.25) is 4.79 Å². The number of furan rings is 1. The molecule has 1 heterocycles. The average Bonchev–Trinajstić information content (AvgIpc) is 2.85. The maximum Gasteiger partial charge on any atom is 0.243 e. The molecule has 2 N–H and O–H groups in total. The van der Waals surface area contributed by atoms with Gasteiger partial charge in [-0.1, -0.05) is 0 Å². The zero-order chi connectivity index (χ0) is 13.4. The molecule has 0 aliphatic carbocycles. The van der Waals surface area contributed by atoms with E-state index in [1.165, 1.54) is 4.90 Å². The zero-order valence-corrected chi connectivity index (χ0v) is 13.8. The Labute approximate surface area is 130 Å². The molecule has 0 saturated heterocycles. The average molecular weight is 380 g/mol. The maximum atomic E-state index is 11.4. The van der Waals surface area contributed by atoms with Crippen LogP contribution in [-0.4, -0.2) is 44.0 Å². The molecule has 0 unspecified atom stereocenters. The minimum atomic E-state index is -0.0369. The molecule has 0 fully saturated rings. The second-order valence-corrected chi connectivity index (χ2v) is 3.92. The summed E-state index contributed by atoms with van der Waals surface area (Å²) in [6.45, 7) is 3.37. The molecule has 7 heteroatoms. The van der Waals surface area contributed by atoms with Crippen LogP contribution in [0, 0.1) is 0 Å². The van der Waals surface area contributed by atoms with E-state index in [0.717, 1.165) is 12.3 Å². The van der Waals surface area contributed by atoms with E-state index in [2.05, 4.69) is 15.6 Å². The Bertz CT molecular complexity index is 390. The minimum Gasteiger partial charge on any atom is -0.467 e. The van der Waals surface area contributed by atoms with Crippen molar-refractivity contribution in [3.05, 3.63) is 24.2 Å². The minimum absolute atomic E-state index is 0. The van der Waals surface area contributed by atoms with Crippen molar-refractivity contribution in [1.29, 1.82) is 0 Å². The fourth-order valence-corrected chi connectivity index (χ4v) is 1.21. The molecule has 19 heavy (non-hydrogen) atoms. The van der Waals surface area contributed by atoms with Crippen LogP contribution < -0.4 is 10.6 Å². The van der Waals surface area contributed by atoms with Crippen LogP contribution in [0.25, 0.3) is 0 Å². The van der Waals surface area contributed by atoms with Gasteiger partial charge in [-0.2, -0.15) is 0 Å². The Morgan fingerprint density at radius 2 is 2.16 bits per heavy atom. The molecule has 6 nitrogen and oxygen atoms in total. The van der Waals surface area contributed by atoms with Crippen LogP contribution in [0.5, 0.6) is 0 Å². The van der Waals surface area contributed by atoms with Crippen LogP contribution in [0.15, 0.2) is 27.8 Å². The number of amides is 1. The molecule has 0 aliphatic heterocycles. The van der Waals surface area contributed by atoms with Crippen LogP contribution in [0.1, 0.15) is 12.7 Å². The summed E-state index contributed by atoms with van der Waals surface area (Å²) in [4.78, 5) is 17.1. The lowest BCUT2D eigenvalue weighted by molar-refractivity contribution is -0.127. The van der Waals surface area contributed by atoms with E-state index in [1.807, 2.05) is 19.1 Å². The topological polar surface area (TPSA) is 69.9 Å². The fraction of sp³-hybridized carbons (Fsp3) is 0.500. The maximum absolute atomic E-state index is 11.4. The number of nitrogens with one attached hydrogen (secondary N) is 2. The molecule has 1 aromatic heterocycles. The Morgan fingerprint density at radius 1 is 1.42 bits per heavy atom. The van der Waals surface area contributed by atoms with Gasteiger partial charge < -0.3 is 20.0 Å². The number of aliphatic imine (C=N–C) groups is 1. The summed E-state index contributed by atoms with van der Waals surface area (Å²) in [5, 5.41) is 6.16. The highest BCUT2D eigenvalue weighted by atomic mass is 127. The van der Waals surface area contributed by atoms with Crippen molar-refractivity contribution in [2.24, 2.45) is 4.99 Å². The third kappa shape index (κ3) is 7.04. The largest absolute Gasteiger partial charge is 0.467 e. The highest BCUT2D eigenvalue weighted by Gasteiger charge is 2.04. The van der Waals surface area contributed by atoms with E-state index < -0.39 is 0 Å². The lowest BCUT2D eigenvalue weighted by atomic mass is 10.4.